The van der Waals surface area contributed by atoms with E-state index < -0.39 is 0 Å². The first-order valence-electron chi connectivity index (χ1n) is 5.81. The zero-order valence-corrected chi connectivity index (χ0v) is 11.0. The Hall–Kier alpha value is -1.95. The van der Waals surface area contributed by atoms with Crippen molar-refractivity contribution in [3.63, 3.8) is 0 Å². The van der Waals surface area contributed by atoms with Gasteiger partial charge in [0.15, 0.2) is 16.2 Å². The summed E-state index contributed by atoms with van der Waals surface area (Å²) in [6, 6.07) is 3.90. The zero-order chi connectivity index (χ0) is 12.7. The van der Waals surface area contributed by atoms with Gasteiger partial charge in [-0.15, -0.1) is 0 Å². The molecule has 0 bridgehead atoms. The van der Waals surface area contributed by atoms with Crippen LogP contribution in [-0.4, -0.2) is 24.3 Å². The Morgan fingerprint density at radius 3 is 2.94 bits per heavy atom. The first-order valence-corrected chi connectivity index (χ1v) is 6.21. The monoisotopic (exact) mass is 259 g/mol. The molecule has 1 N–H and O–H groups in total. The SMILES string of the molecule is CCn1ccc(-n2c(=S)[nH]c3c(C)ccnc32)n1. The van der Waals surface area contributed by atoms with Crippen molar-refractivity contribution in [2.45, 2.75) is 20.4 Å². The van der Waals surface area contributed by atoms with Gasteiger partial charge in [0.2, 0.25) is 0 Å². The Kier molecular flexibility index (Phi) is 2.52. The van der Waals surface area contributed by atoms with Gasteiger partial charge in [-0.3, -0.25) is 9.25 Å². The molecule has 0 saturated carbocycles. The first kappa shape index (κ1) is 11.2. The Morgan fingerprint density at radius 2 is 2.22 bits per heavy atom. The second-order valence-corrected chi connectivity index (χ2v) is 4.51. The van der Waals surface area contributed by atoms with E-state index in [9.17, 15) is 0 Å². The molecule has 0 aromatic carbocycles. The lowest BCUT2D eigenvalue weighted by atomic mass is 10.3. The third-order valence-electron chi connectivity index (χ3n) is 2.97. The van der Waals surface area contributed by atoms with E-state index in [1.165, 1.54) is 0 Å². The summed E-state index contributed by atoms with van der Waals surface area (Å²) in [5.41, 5.74) is 2.91. The Labute approximate surface area is 109 Å². The molecule has 0 fully saturated rings. The smallest absolute Gasteiger partial charge is 0.185 e. The lowest BCUT2D eigenvalue weighted by Gasteiger charge is -1.99. The highest BCUT2D eigenvalue weighted by Crippen LogP contribution is 2.18. The molecule has 0 saturated heterocycles. The van der Waals surface area contributed by atoms with Gasteiger partial charge in [0.1, 0.15) is 0 Å². The summed E-state index contributed by atoms with van der Waals surface area (Å²) in [4.78, 5) is 7.58. The number of aromatic amines is 1. The third-order valence-corrected chi connectivity index (χ3v) is 3.25. The number of hydrogen-bond donors (Lipinski definition) is 1. The van der Waals surface area contributed by atoms with Crippen molar-refractivity contribution in [1.82, 2.24) is 24.3 Å². The van der Waals surface area contributed by atoms with Gasteiger partial charge in [0.25, 0.3) is 0 Å². The molecule has 0 radical (unpaired) electrons. The number of aromatic nitrogens is 5. The van der Waals surface area contributed by atoms with Gasteiger partial charge in [-0.2, -0.15) is 5.10 Å². The fourth-order valence-electron chi connectivity index (χ4n) is 1.99. The predicted molar refractivity (Wildman–Crippen MR) is 72.5 cm³/mol. The molecule has 6 heteroatoms. The third kappa shape index (κ3) is 1.57. The van der Waals surface area contributed by atoms with Gasteiger partial charge in [-0.1, -0.05) is 0 Å². The average Bonchev–Trinajstić information content (AvgIpc) is 2.93. The highest BCUT2D eigenvalue weighted by atomic mass is 32.1. The summed E-state index contributed by atoms with van der Waals surface area (Å²) >= 11 is 5.36. The summed E-state index contributed by atoms with van der Waals surface area (Å²) in [6.07, 6.45) is 3.72. The normalized spacial score (nSPS) is 11.2. The number of nitrogens with zero attached hydrogens (tertiary/aromatic N) is 4. The van der Waals surface area contributed by atoms with Crippen molar-refractivity contribution in [2.24, 2.45) is 0 Å². The Bertz CT molecular complexity index is 764. The van der Waals surface area contributed by atoms with Crippen LogP contribution in [-0.2, 0) is 6.54 Å². The molecule has 3 rings (SSSR count). The van der Waals surface area contributed by atoms with Gasteiger partial charge < -0.3 is 4.98 Å². The molecule has 18 heavy (non-hydrogen) atoms. The van der Waals surface area contributed by atoms with E-state index >= 15 is 0 Å². The minimum Gasteiger partial charge on any atom is -0.329 e. The van der Waals surface area contributed by atoms with Gasteiger partial charge in [0.05, 0.1) is 5.52 Å². The van der Waals surface area contributed by atoms with E-state index in [2.05, 4.69) is 15.1 Å². The number of fused-ring (bicyclic) bond motifs is 1. The molecule has 5 nitrogen and oxygen atoms in total. The number of H-pyrrole nitrogens is 1. The quantitative estimate of drug-likeness (QED) is 0.720. The molecule has 92 valence electrons. The maximum absolute atomic E-state index is 5.36. The van der Waals surface area contributed by atoms with Crippen LogP contribution in [0, 0.1) is 11.7 Å². The molecule has 0 spiro atoms. The van der Waals surface area contributed by atoms with E-state index in [1.807, 2.05) is 41.4 Å². The van der Waals surface area contributed by atoms with Crippen LogP contribution in [0.2, 0.25) is 0 Å². The molecule has 0 aliphatic heterocycles. The molecule has 0 amide bonds. The standard InChI is InChI=1S/C12H13N5S/c1-3-16-7-5-9(15-16)17-11-10(14-12(17)18)8(2)4-6-13-11/h4-7H,3H2,1-2H3,(H,14,18). The van der Waals surface area contributed by atoms with Crippen molar-refractivity contribution in [3.05, 3.63) is 34.9 Å². The number of rotatable bonds is 2. The number of hydrogen-bond acceptors (Lipinski definition) is 3. The number of aryl methyl sites for hydroxylation is 2. The molecule has 3 aromatic rings. The number of pyridine rings is 1. The molecule has 3 aromatic heterocycles. The Morgan fingerprint density at radius 1 is 1.39 bits per heavy atom. The average molecular weight is 259 g/mol. The molecule has 0 atom stereocenters. The maximum Gasteiger partial charge on any atom is 0.185 e. The lowest BCUT2D eigenvalue weighted by molar-refractivity contribution is 0.653. The van der Waals surface area contributed by atoms with Crippen LogP contribution in [0.3, 0.4) is 0 Å². The van der Waals surface area contributed by atoms with Crippen molar-refractivity contribution in [2.75, 3.05) is 0 Å². The summed E-state index contributed by atoms with van der Waals surface area (Å²) in [5, 5.41) is 4.46. The number of imidazole rings is 1. The summed E-state index contributed by atoms with van der Waals surface area (Å²) in [7, 11) is 0. The van der Waals surface area contributed by atoms with Crippen LogP contribution in [0.5, 0.6) is 0 Å². The van der Waals surface area contributed by atoms with Gasteiger partial charge in [0, 0.05) is 25.0 Å². The fraction of sp³-hybridized carbons (Fsp3) is 0.250. The minimum atomic E-state index is 0.619. The van der Waals surface area contributed by atoms with Gasteiger partial charge in [-0.25, -0.2) is 4.98 Å². The van der Waals surface area contributed by atoms with E-state index in [4.69, 9.17) is 12.2 Å². The highest BCUT2D eigenvalue weighted by Gasteiger charge is 2.11. The Balaban J connectivity index is 2.32. The molecular formula is C12H13N5S. The van der Waals surface area contributed by atoms with Gasteiger partial charge in [-0.05, 0) is 37.7 Å². The first-order chi connectivity index (χ1) is 8.70. The van der Waals surface area contributed by atoms with Crippen LogP contribution in [0.1, 0.15) is 12.5 Å². The van der Waals surface area contributed by atoms with E-state index in [0.717, 1.165) is 29.1 Å². The molecule has 0 aliphatic rings. The van der Waals surface area contributed by atoms with Crippen LogP contribution >= 0.6 is 12.2 Å². The number of nitrogens with one attached hydrogen (secondary N) is 1. The molecular weight excluding hydrogens is 246 g/mol. The molecule has 0 unspecified atom stereocenters. The molecule has 0 aliphatic carbocycles. The van der Waals surface area contributed by atoms with Crippen LogP contribution in [0.15, 0.2) is 24.5 Å². The van der Waals surface area contributed by atoms with Crippen LogP contribution in [0.4, 0.5) is 0 Å². The van der Waals surface area contributed by atoms with Crippen LogP contribution in [0.25, 0.3) is 17.0 Å². The second-order valence-electron chi connectivity index (χ2n) is 4.12. The van der Waals surface area contributed by atoms with E-state index in [1.54, 1.807) is 6.20 Å². The maximum atomic E-state index is 5.36. The molecule has 3 heterocycles. The summed E-state index contributed by atoms with van der Waals surface area (Å²) < 4.78 is 4.35. The fourth-order valence-corrected chi connectivity index (χ4v) is 2.27. The van der Waals surface area contributed by atoms with E-state index in [-0.39, 0.29) is 0 Å². The van der Waals surface area contributed by atoms with Crippen molar-refractivity contribution < 1.29 is 0 Å². The van der Waals surface area contributed by atoms with Crippen molar-refractivity contribution >= 4 is 23.4 Å². The van der Waals surface area contributed by atoms with Crippen LogP contribution < -0.4 is 0 Å². The largest absolute Gasteiger partial charge is 0.329 e. The zero-order valence-electron chi connectivity index (χ0n) is 10.2. The summed E-state index contributed by atoms with van der Waals surface area (Å²) in [6.45, 7) is 4.92. The minimum absolute atomic E-state index is 0.619. The van der Waals surface area contributed by atoms with Crippen molar-refractivity contribution in [1.29, 1.82) is 0 Å². The topological polar surface area (TPSA) is 51.4 Å². The van der Waals surface area contributed by atoms with E-state index in [0.29, 0.717) is 4.77 Å². The highest BCUT2D eigenvalue weighted by molar-refractivity contribution is 7.71. The van der Waals surface area contributed by atoms with Gasteiger partial charge >= 0.3 is 0 Å². The predicted octanol–water partition coefficient (Wildman–Crippen LogP) is 2.61. The van der Waals surface area contributed by atoms with Crippen molar-refractivity contribution in [3.8, 4) is 5.82 Å². The lowest BCUT2D eigenvalue weighted by Crippen LogP contribution is -2.00. The second kappa shape index (κ2) is 4.06. The summed E-state index contributed by atoms with van der Waals surface area (Å²) in [5.74, 6) is 0.797.